The standard InChI is InChI=1S/C24H30N8O/c1-16(2)12-18(8-11-33)24-29-28-22-14-19(15-23(30(3)4)32(22)24)17-6-9-25-20(13-17)27-21-7-10-26-31(21)5/h6-7,9-11,13-16,18H,8,12H2,1-5H3,(H,25,27). The van der Waals surface area contributed by atoms with Gasteiger partial charge < -0.3 is 15.0 Å². The molecule has 1 N–H and O–H groups in total. The molecule has 0 aromatic carbocycles. The molecule has 0 radical (unpaired) electrons. The minimum Gasteiger partial charge on any atom is -0.364 e. The van der Waals surface area contributed by atoms with Gasteiger partial charge >= 0.3 is 0 Å². The number of carbonyl (C=O) groups is 1. The van der Waals surface area contributed by atoms with Gasteiger partial charge in [0.25, 0.3) is 0 Å². The number of pyridine rings is 2. The van der Waals surface area contributed by atoms with Gasteiger partial charge in [0.1, 0.15) is 29.6 Å². The maximum atomic E-state index is 11.4. The fraction of sp³-hybridized carbons (Fsp3) is 0.375. The van der Waals surface area contributed by atoms with Crippen LogP contribution in [0.5, 0.6) is 0 Å². The molecule has 4 heterocycles. The lowest BCUT2D eigenvalue weighted by Crippen LogP contribution is -2.16. The van der Waals surface area contributed by atoms with Gasteiger partial charge in [-0.25, -0.2) is 4.98 Å². The summed E-state index contributed by atoms with van der Waals surface area (Å²) in [5, 5.41) is 16.5. The third-order valence-corrected chi connectivity index (χ3v) is 5.64. The first-order valence-electron chi connectivity index (χ1n) is 11.1. The van der Waals surface area contributed by atoms with Crippen LogP contribution in [0.25, 0.3) is 16.8 Å². The Bertz CT molecular complexity index is 1260. The average Bonchev–Trinajstić information content (AvgIpc) is 3.38. The molecular formula is C24H30N8O. The van der Waals surface area contributed by atoms with Crippen LogP contribution in [0.2, 0.25) is 0 Å². The van der Waals surface area contributed by atoms with Crippen LogP contribution < -0.4 is 10.2 Å². The molecule has 172 valence electrons. The van der Waals surface area contributed by atoms with E-state index < -0.39 is 0 Å². The summed E-state index contributed by atoms with van der Waals surface area (Å²) in [4.78, 5) is 17.9. The van der Waals surface area contributed by atoms with Crippen molar-refractivity contribution < 1.29 is 4.79 Å². The van der Waals surface area contributed by atoms with E-state index in [2.05, 4.69) is 49.9 Å². The Labute approximate surface area is 193 Å². The second-order valence-corrected chi connectivity index (χ2v) is 8.87. The van der Waals surface area contributed by atoms with E-state index in [0.29, 0.717) is 12.3 Å². The maximum Gasteiger partial charge on any atom is 0.163 e. The van der Waals surface area contributed by atoms with E-state index in [1.54, 1.807) is 17.1 Å². The number of hydrogen-bond donors (Lipinski definition) is 1. The van der Waals surface area contributed by atoms with Gasteiger partial charge in [0.15, 0.2) is 5.65 Å². The predicted octanol–water partition coefficient (Wildman–Crippen LogP) is 4.05. The Hall–Kier alpha value is -3.75. The Kier molecular flexibility index (Phi) is 6.39. The number of nitrogens with zero attached hydrogens (tertiary/aromatic N) is 7. The number of fused-ring (bicyclic) bond motifs is 1. The molecule has 4 rings (SSSR count). The lowest BCUT2D eigenvalue weighted by Gasteiger charge is -2.21. The minimum atomic E-state index is 0.0256. The first-order chi connectivity index (χ1) is 15.9. The zero-order valence-electron chi connectivity index (χ0n) is 19.7. The Balaban J connectivity index is 1.77. The highest BCUT2D eigenvalue weighted by Gasteiger charge is 2.22. The van der Waals surface area contributed by atoms with Crippen molar-refractivity contribution in [2.45, 2.75) is 32.6 Å². The summed E-state index contributed by atoms with van der Waals surface area (Å²) in [7, 11) is 5.88. The molecule has 33 heavy (non-hydrogen) atoms. The van der Waals surface area contributed by atoms with Crippen LogP contribution >= 0.6 is 0 Å². The predicted molar refractivity (Wildman–Crippen MR) is 130 cm³/mol. The third kappa shape index (κ3) is 4.72. The van der Waals surface area contributed by atoms with Crippen molar-refractivity contribution in [1.29, 1.82) is 0 Å². The van der Waals surface area contributed by atoms with E-state index in [1.807, 2.05) is 50.3 Å². The van der Waals surface area contributed by atoms with Crippen molar-refractivity contribution in [3.8, 4) is 11.1 Å². The second-order valence-electron chi connectivity index (χ2n) is 8.87. The number of aromatic nitrogens is 6. The summed E-state index contributed by atoms with van der Waals surface area (Å²) >= 11 is 0. The Morgan fingerprint density at radius 2 is 1.91 bits per heavy atom. The summed E-state index contributed by atoms with van der Waals surface area (Å²) in [5.74, 6) is 3.85. The van der Waals surface area contributed by atoms with Gasteiger partial charge in [-0.05, 0) is 47.7 Å². The lowest BCUT2D eigenvalue weighted by atomic mass is 9.94. The molecule has 0 saturated carbocycles. The van der Waals surface area contributed by atoms with E-state index in [0.717, 1.165) is 52.8 Å². The quantitative estimate of drug-likeness (QED) is 0.388. The topological polar surface area (TPSA) is 93.2 Å². The molecule has 0 bridgehead atoms. The van der Waals surface area contributed by atoms with E-state index in [-0.39, 0.29) is 5.92 Å². The first kappa shape index (κ1) is 22.4. The molecule has 9 nitrogen and oxygen atoms in total. The van der Waals surface area contributed by atoms with Crippen LogP contribution in [0.15, 0.2) is 42.7 Å². The number of carbonyl (C=O) groups excluding carboxylic acids is 1. The minimum absolute atomic E-state index is 0.0256. The van der Waals surface area contributed by atoms with Crippen LogP contribution in [-0.4, -0.2) is 49.7 Å². The van der Waals surface area contributed by atoms with Gasteiger partial charge in [0.2, 0.25) is 0 Å². The molecule has 0 aliphatic carbocycles. The van der Waals surface area contributed by atoms with Gasteiger partial charge in [0.05, 0.1) is 6.20 Å². The molecule has 0 amide bonds. The number of anilines is 3. The summed E-state index contributed by atoms with van der Waals surface area (Å²) in [6.45, 7) is 4.32. The van der Waals surface area contributed by atoms with Crippen molar-refractivity contribution in [3.63, 3.8) is 0 Å². The summed E-state index contributed by atoms with van der Waals surface area (Å²) in [5.41, 5.74) is 2.77. The van der Waals surface area contributed by atoms with E-state index in [9.17, 15) is 4.79 Å². The number of rotatable bonds is 9. The largest absolute Gasteiger partial charge is 0.364 e. The van der Waals surface area contributed by atoms with E-state index in [4.69, 9.17) is 0 Å². The van der Waals surface area contributed by atoms with Crippen molar-refractivity contribution in [1.82, 2.24) is 29.4 Å². The van der Waals surface area contributed by atoms with Gasteiger partial charge in [0, 0.05) is 45.7 Å². The maximum absolute atomic E-state index is 11.4. The van der Waals surface area contributed by atoms with Crippen molar-refractivity contribution in [3.05, 3.63) is 48.5 Å². The highest BCUT2D eigenvalue weighted by molar-refractivity contribution is 5.74. The van der Waals surface area contributed by atoms with Crippen LogP contribution in [-0.2, 0) is 11.8 Å². The molecule has 9 heteroatoms. The molecule has 0 aliphatic heterocycles. The molecular weight excluding hydrogens is 416 g/mol. The number of aldehydes is 1. The Morgan fingerprint density at radius 1 is 1.09 bits per heavy atom. The summed E-state index contributed by atoms with van der Waals surface area (Å²) in [6.07, 6.45) is 5.81. The smallest absolute Gasteiger partial charge is 0.163 e. The molecule has 1 unspecified atom stereocenters. The molecule has 0 saturated heterocycles. The highest BCUT2D eigenvalue weighted by Crippen LogP contribution is 2.32. The molecule has 4 aromatic rings. The average molecular weight is 447 g/mol. The van der Waals surface area contributed by atoms with Crippen LogP contribution in [0.4, 0.5) is 17.5 Å². The van der Waals surface area contributed by atoms with Crippen LogP contribution in [0.3, 0.4) is 0 Å². The SMILES string of the molecule is CC(C)CC(CC=O)c1nnc2cc(-c3ccnc(Nc4ccnn4C)c3)cc(N(C)C)n12. The molecule has 1 atom stereocenters. The number of hydrogen-bond acceptors (Lipinski definition) is 7. The second kappa shape index (κ2) is 9.40. The zero-order chi connectivity index (χ0) is 23.5. The molecule has 0 spiro atoms. The van der Waals surface area contributed by atoms with Crippen molar-refractivity contribution in [2.75, 3.05) is 24.3 Å². The summed E-state index contributed by atoms with van der Waals surface area (Å²) < 4.78 is 3.82. The first-order valence-corrected chi connectivity index (χ1v) is 11.1. The van der Waals surface area contributed by atoms with E-state index in [1.165, 1.54) is 0 Å². The van der Waals surface area contributed by atoms with Gasteiger partial charge in [-0.2, -0.15) is 5.10 Å². The van der Waals surface area contributed by atoms with Crippen LogP contribution in [0, 0.1) is 5.92 Å². The monoisotopic (exact) mass is 446 g/mol. The zero-order valence-corrected chi connectivity index (χ0v) is 19.7. The van der Waals surface area contributed by atoms with Crippen molar-refractivity contribution in [2.24, 2.45) is 13.0 Å². The number of nitrogens with one attached hydrogen (secondary N) is 1. The molecule has 0 fully saturated rings. The molecule has 0 aliphatic rings. The fourth-order valence-electron chi connectivity index (χ4n) is 4.08. The van der Waals surface area contributed by atoms with Crippen molar-refractivity contribution >= 4 is 29.4 Å². The number of aryl methyl sites for hydroxylation is 1. The third-order valence-electron chi connectivity index (χ3n) is 5.64. The van der Waals surface area contributed by atoms with Gasteiger partial charge in [-0.15, -0.1) is 10.2 Å². The lowest BCUT2D eigenvalue weighted by molar-refractivity contribution is -0.108. The van der Waals surface area contributed by atoms with E-state index >= 15 is 0 Å². The van der Waals surface area contributed by atoms with Crippen LogP contribution in [0.1, 0.15) is 38.4 Å². The fourth-order valence-corrected chi connectivity index (χ4v) is 4.08. The van der Waals surface area contributed by atoms with Gasteiger partial charge in [-0.1, -0.05) is 13.8 Å². The highest BCUT2D eigenvalue weighted by atomic mass is 16.1. The molecule has 4 aromatic heterocycles. The Morgan fingerprint density at radius 3 is 2.58 bits per heavy atom. The summed E-state index contributed by atoms with van der Waals surface area (Å²) in [6, 6.07) is 10.0. The normalized spacial score (nSPS) is 12.3. The van der Waals surface area contributed by atoms with Gasteiger partial charge in [-0.3, -0.25) is 9.08 Å².